The van der Waals surface area contributed by atoms with E-state index in [4.69, 9.17) is 46.4 Å². The van der Waals surface area contributed by atoms with Crippen molar-refractivity contribution in [3.63, 3.8) is 0 Å². The molecule has 0 aromatic rings. The van der Waals surface area contributed by atoms with E-state index >= 15 is 0 Å². The van der Waals surface area contributed by atoms with E-state index in [1.165, 1.54) is 0 Å². The van der Waals surface area contributed by atoms with Gasteiger partial charge in [0.2, 0.25) is 11.1 Å². The van der Waals surface area contributed by atoms with Gasteiger partial charge in [0.1, 0.15) is 19.3 Å². The molecule has 0 atom stereocenters. The minimum Gasteiger partial charge on any atom is -0.776 e. The third-order valence-corrected chi connectivity index (χ3v) is 4.13. The van der Waals surface area contributed by atoms with Crippen LogP contribution in [0.4, 0.5) is 0 Å². The summed E-state index contributed by atoms with van der Waals surface area (Å²) in [7, 11) is 11.3. The first kappa shape index (κ1) is 42.7. The zero-order valence-corrected chi connectivity index (χ0v) is 26.6. The number of halogens is 6. The highest BCUT2D eigenvalue weighted by Crippen LogP contribution is 2.46. The Balaban J connectivity index is -0.0000000983. The Morgan fingerprint density at radius 2 is 1.19 bits per heavy atom. The van der Waals surface area contributed by atoms with Gasteiger partial charge < -0.3 is 19.3 Å². The first-order valence-corrected chi connectivity index (χ1v) is 14.6. The van der Waals surface area contributed by atoms with Crippen LogP contribution in [0.5, 0.6) is 0 Å². The lowest BCUT2D eigenvalue weighted by Crippen LogP contribution is -2.26. The van der Waals surface area contributed by atoms with Gasteiger partial charge in [-0.15, -0.1) is 23.2 Å². The molecule has 0 fully saturated rings. The van der Waals surface area contributed by atoms with Crippen molar-refractivity contribution in [3.8, 4) is 0 Å². The van der Waals surface area contributed by atoms with Crippen LogP contribution in [0.25, 0.3) is 0 Å². The van der Waals surface area contributed by atoms with Crippen molar-refractivity contribution in [3.05, 3.63) is 10.7 Å². The fourth-order valence-corrected chi connectivity index (χ4v) is 1.48. The Labute approximate surface area is 225 Å². The molecule has 0 aliphatic heterocycles. The summed E-state index contributed by atoms with van der Waals surface area (Å²) in [6.45, 7) is 11.9. The molecule has 0 unspecified atom stereocenters. The average Bonchev–Trinajstić information content (AvgIpc) is 2.59. The van der Waals surface area contributed by atoms with Crippen LogP contribution in [0.2, 0.25) is 0 Å². The molecular formula is C19H40Cl6N3O3P. The summed E-state index contributed by atoms with van der Waals surface area (Å²) in [6, 6.07) is 0. The molecule has 0 bridgehead atoms. The Kier molecular flexibility index (Phi) is 33.0. The predicted octanol–water partition coefficient (Wildman–Crippen LogP) is 6.67. The van der Waals surface area contributed by atoms with Crippen molar-refractivity contribution in [2.45, 2.75) is 41.5 Å². The molecule has 0 rings (SSSR count). The van der Waals surface area contributed by atoms with E-state index in [-0.39, 0.29) is 17.2 Å². The van der Waals surface area contributed by atoms with Gasteiger partial charge >= 0.3 is 0 Å². The second-order valence-electron chi connectivity index (χ2n) is 7.46. The minimum atomic E-state index is -3.94. The highest BCUT2D eigenvalue weighted by molar-refractivity contribution is 8.03. The van der Waals surface area contributed by atoms with E-state index in [2.05, 4.69) is 36.3 Å². The summed E-state index contributed by atoms with van der Waals surface area (Å²) in [5.41, 5.74) is 1.15. The van der Waals surface area contributed by atoms with Crippen LogP contribution in [0.1, 0.15) is 41.5 Å². The molecule has 0 saturated carbocycles. The normalized spacial score (nSPS) is 9.41. The first-order chi connectivity index (χ1) is 14.1. The third kappa shape index (κ3) is 44.3. The van der Waals surface area contributed by atoms with Gasteiger partial charge in [-0.1, -0.05) is 61.8 Å². The maximum atomic E-state index is 10.8. The Bertz CT molecular complexity index is 539. The Hall–Kier alpha value is 0.610. The molecule has 0 spiro atoms. The standard InChI is InChI=1S/C6H13ClN.C6H12ClN.C6H13NO.CH2Cl2.Cl2HO2P/c2*1-5(2)6(7)8(3)4;1-5(2)6(8)7(3)4;2-1-3;1-5(2,3)4/h5H,1-4H3;1-4H3;5H,1-4H3;1H2;(H,3,4)/q+1;;;;/p-1. The number of hydrogen-bond donors (Lipinski definition) is 0. The number of amides is 1. The summed E-state index contributed by atoms with van der Waals surface area (Å²) in [6.07, 6.45) is -3.94. The van der Waals surface area contributed by atoms with E-state index in [9.17, 15) is 14.3 Å². The smallest absolute Gasteiger partial charge is 0.247 e. The van der Waals surface area contributed by atoms with E-state index in [1.54, 1.807) is 19.0 Å². The number of carbonyl (C=O) groups excluding carboxylic acids is 1. The fourth-order valence-electron chi connectivity index (χ4n) is 1.48. The monoisotopic (exact) mass is 599 g/mol. The van der Waals surface area contributed by atoms with Crippen LogP contribution >= 0.6 is 75.0 Å². The summed E-state index contributed by atoms with van der Waals surface area (Å²) in [4.78, 5) is 23.4. The van der Waals surface area contributed by atoms with Gasteiger partial charge in [0.05, 0.1) is 5.34 Å². The van der Waals surface area contributed by atoms with Gasteiger partial charge in [-0.05, 0) is 31.0 Å². The number of carbonyl (C=O) groups is 1. The maximum absolute atomic E-state index is 10.8. The van der Waals surface area contributed by atoms with Crippen molar-refractivity contribution >= 4 is 86.0 Å². The average molecular weight is 602 g/mol. The Morgan fingerprint density at radius 3 is 1.19 bits per heavy atom. The van der Waals surface area contributed by atoms with E-state index in [0.29, 0.717) is 5.92 Å². The van der Waals surface area contributed by atoms with Crippen LogP contribution in [0, 0.1) is 11.8 Å². The zero-order valence-electron chi connectivity index (χ0n) is 21.1. The molecule has 0 aromatic carbocycles. The number of hydrogen-bond acceptors (Lipinski definition) is 4. The topological polar surface area (TPSA) is 66.7 Å². The van der Waals surface area contributed by atoms with Gasteiger partial charge in [0.15, 0.2) is 6.07 Å². The predicted molar refractivity (Wildman–Crippen MR) is 145 cm³/mol. The molecular weight excluding hydrogens is 562 g/mol. The maximum Gasteiger partial charge on any atom is 0.247 e. The quantitative estimate of drug-likeness (QED) is 0.119. The van der Waals surface area contributed by atoms with Crippen molar-refractivity contribution < 1.29 is 18.8 Å². The molecule has 13 heteroatoms. The molecule has 0 radical (unpaired) electrons. The van der Waals surface area contributed by atoms with Gasteiger partial charge in [0, 0.05) is 40.0 Å². The fraction of sp³-hybridized carbons (Fsp3) is 0.789. The van der Waals surface area contributed by atoms with Crippen molar-refractivity contribution in [1.29, 1.82) is 0 Å². The second kappa shape index (κ2) is 24.7. The summed E-state index contributed by atoms with van der Waals surface area (Å²) in [5.74, 6) is 0.765. The first-order valence-electron chi connectivity index (χ1n) is 9.31. The van der Waals surface area contributed by atoms with Crippen LogP contribution in [0.3, 0.4) is 0 Å². The molecule has 196 valence electrons. The lowest BCUT2D eigenvalue weighted by Gasteiger charge is -2.11. The minimum absolute atomic E-state index is 0.130. The number of nitrogens with zero attached hydrogens (tertiary/aromatic N) is 3. The molecule has 6 nitrogen and oxygen atoms in total. The van der Waals surface area contributed by atoms with E-state index < -0.39 is 6.07 Å². The molecule has 0 N–H and O–H groups in total. The summed E-state index contributed by atoms with van der Waals surface area (Å²) in [5, 5.41) is 1.93. The van der Waals surface area contributed by atoms with Gasteiger partial charge in [-0.2, -0.15) is 0 Å². The summed E-state index contributed by atoms with van der Waals surface area (Å²) < 4.78 is 11.1. The van der Waals surface area contributed by atoms with Gasteiger partial charge in [0.25, 0.3) is 0 Å². The lowest BCUT2D eigenvalue weighted by atomic mass is 10.2. The van der Waals surface area contributed by atoms with Crippen LogP contribution in [0.15, 0.2) is 10.7 Å². The largest absolute Gasteiger partial charge is 0.776 e. The van der Waals surface area contributed by atoms with Crippen LogP contribution < -0.4 is 4.89 Å². The number of alkyl halides is 2. The highest BCUT2D eigenvalue weighted by atomic mass is 35.9. The van der Waals surface area contributed by atoms with Crippen LogP contribution in [-0.4, -0.2) is 73.1 Å². The van der Waals surface area contributed by atoms with Crippen LogP contribution in [-0.2, 0) is 9.36 Å². The zero-order chi connectivity index (χ0) is 27.4. The van der Waals surface area contributed by atoms with Gasteiger partial charge in [-0.25, -0.2) is 4.58 Å². The molecule has 0 heterocycles. The molecule has 0 aliphatic carbocycles. The van der Waals surface area contributed by atoms with Crippen molar-refractivity contribution in [2.75, 3.05) is 47.6 Å². The molecule has 32 heavy (non-hydrogen) atoms. The van der Waals surface area contributed by atoms with E-state index in [1.807, 2.05) is 65.4 Å². The number of allylic oxidation sites excluding steroid dienone is 1. The Morgan fingerprint density at radius 1 is 0.906 bits per heavy atom. The third-order valence-electron chi connectivity index (χ3n) is 2.64. The highest BCUT2D eigenvalue weighted by Gasteiger charge is 2.07. The number of rotatable bonds is 3. The van der Waals surface area contributed by atoms with Gasteiger partial charge in [-0.3, -0.25) is 4.79 Å². The van der Waals surface area contributed by atoms with E-state index in [0.717, 1.165) is 15.9 Å². The summed E-state index contributed by atoms with van der Waals surface area (Å²) >= 11 is 29.7. The van der Waals surface area contributed by atoms with Crippen molar-refractivity contribution in [1.82, 2.24) is 9.80 Å². The molecule has 0 saturated heterocycles. The van der Waals surface area contributed by atoms with Crippen molar-refractivity contribution in [2.24, 2.45) is 11.8 Å². The lowest BCUT2D eigenvalue weighted by molar-refractivity contribution is -0.464. The molecule has 1 amide bonds. The molecule has 0 aliphatic rings. The SMILES string of the molecule is CC(C)=C(Cl)N(C)C.CC(C)C(=O)N(C)C.CC(C)C(Cl)=[N+](C)C.ClCCl.O=P([O-])(Cl)Cl. The molecule has 0 aromatic heterocycles. The second-order valence-corrected chi connectivity index (χ2v) is 13.0.